The van der Waals surface area contributed by atoms with Gasteiger partial charge in [-0.25, -0.2) is 65.5 Å². The fourth-order valence-corrected chi connectivity index (χ4v) is 11.8. The van der Waals surface area contributed by atoms with Crippen LogP contribution < -0.4 is 54.8 Å². The van der Waals surface area contributed by atoms with Crippen molar-refractivity contribution in [2.24, 2.45) is 10.3 Å². The van der Waals surface area contributed by atoms with Crippen LogP contribution in [0.2, 0.25) is 0 Å². The highest BCUT2D eigenvalue weighted by molar-refractivity contribution is 7.91. The van der Waals surface area contributed by atoms with Crippen molar-refractivity contribution in [3.05, 3.63) is 44.0 Å². The van der Waals surface area contributed by atoms with Gasteiger partial charge in [0.05, 0.1) is 69.6 Å². The van der Waals surface area contributed by atoms with Gasteiger partial charge in [0.2, 0.25) is 28.7 Å². The number of nitrogens with zero attached hydrogens (tertiary/aromatic N) is 9. The normalized spacial score (nSPS) is 11.1. The van der Waals surface area contributed by atoms with Crippen LogP contribution in [-0.4, -0.2) is 187 Å². The first-order chi connectivity index (χ1) is 47.6. The van der Waals surface area contributed by atoms with Crippen LogP contribution in [0.3, 0.4) is 0 Å². The largest absolute Gasteiger partial charge is 0.505 e. The molecule has 7 aromatic rings. The number of anilines is 4. The van der Waals surface area contributed by atoms with Crippen LogP contribution in [0.5, 0.6) is 40.2 Å². The molecule has 0 unspecified atom stereocenters. The van der Waals surface area contributed by atoms with Crippen molar-refractivity contribution in [1.29, 1.82) is 0 Å². The van der Waals surface area contributed by atoms with Gasteiger partial charge in [-0.2, -0.15) is 40.4 Å². The molecule has 0 saturated carbocycles. The van der Waals surface area contributed by atoms with Crippen molar-refractivity contribution < 1.29 is 128 Å². The topological polar surface area (TPSA) is 574 Å². The van der Waals surface area contributed by atoms with Crippen LogP contribution in [0.15, 0.2) is 35.3 Å². The van der Waals surface area contributed by atoms with E-state index in [2.05, 4.69) is 40.7 Å². The Morgan fingerprint density at radius 1 is 0.442 bits per heavy atom. The molecule has 0 radical (unpaired) electrons. The number of carboxylic acids is 2. The van der Waals surface area contributed by atoms with Gasteiger partial charge in [-0.05, 0) is 185 Å². The highest BCUT2D eigenvalue weighted by atomic mass is 32.3. The van der Waals surface area contributed by atoms with Crippen molar-refractivity contribution in [2.75, 3.05) is 63.5 Å². The molecule has 0 aliphatic heterocycles. The third-order valence-corrected chi connectivity index (χ3v) is 17.2. The van der Waals surface area contributed by atoms with Crippen LogP contribution in [0, 0.1) is 0 Å². The highest BCUT2D eigenvalue weighted by Crippen LogP contribution is 2.39. The Bertz CT molecular complexity index is 4170. The van der Waals surface area contributed by atoms with Gasteiger partial charge in [0.25, 0.3) is 20.0 Å². The minimum atomic E-state index is -4.18. The van der Waals surface area contributed by atoms with Crippen LogP contribution in [0.25, 0.3) is 0 Å². The number of sulfonamides is 2. The molecule has 0 saturated heterocycles. The molecule has 0 bridgehead atoms. The fourth-order valence-electron chi connectivity index (χ4n) is 5.82. The molecule has 0 aliphatic carbocycles. The number of carbonyl (C=O) groups excluding carboxylic acids is 6. The van der Waals surface area contributed by atoms with E-state index in [0.29, 0.717) is 56.8 Å². The average molecular weight is 1640 g/mol. The number of hydrogen-bond acceptors (Lipinski definition) is 40. The summed E-state index contributed by atoms with van der Waals surface area (Å²) in [6.45, 7) is 25.2. The summed E-state index contributed by atoms with van der Waals surface area (Å²) >= 11 is 6.41. The van der Waals surface area contributed by atoms with Crippen LogP contribution in [-0.2, 0) is 48.5 Å². The molecular weight excluding hydrogens is 1560 g/mol. The third-order valence-electron chi connectivity index (χ3n) is 9.68. The van der Waals surface area contributed by atoms with Crippen molar-refractivity contribution in [1.82, 2.24) is 30.6 Å². The summed E-state index contributed by atoms with van der Waals surface area (Å²) in [5.41, 5.74) is 1.10. The number of esters is 1. The highest BCUT2D eigenvalue weighted by Gasteiger charge is 2.40. The van der Waals surface area contributed by atoms with Gasteiger partial charge in [-0.15, -0.1) is 0 Å². The number of ether oxygens (including phenoxy) is 11. The van der Waals surface area contributed by atoms with E-state index in [1.165, 1.54) is 52.5 Å². The number of imide groups is 2. The van der Waals surface area contributed by atoms with E-state index in [4.69, 9.17) is 83.8 Å². The summed E-state index contributed by atoms with van der Waals surface area (Å²) in [5.74, 6) is -2.49. The summed E-state index contributed by atoms with van der Waals surface area (Å²) in [7, 11) is 0.236. The summed E-state index contributed by atoms with van der Waals surface area (Å²) in [4.78, 5) is 93.7. The number of nitrogens with two attached hydrogens (primary N) is 3. The number of aromatic hydroxyl groups is 2. The number of aromatic nitrogens is 7. The molecule has 0 aromatic carbocycles. The molecule has 5 amide bonds. The molecule has 0 atom stereocenters. The van der Waals surface area contributed by atoms with E-state index in [9.17, 15) is 55.2 Å². The van der Waals surface area contributed by atoms with E-state index in [0.717, 1.165) is 58.1 Å². The number of hydrogen-bond donors (Lipinski definition) is 8. The minimum Gasteiger partial charge on any atom is -0.505 e. The maximum Gasteiger partial charge on any atom is 0.425 e. The predicted octanol–water partition coefficient (Wildman–Crippen LogP) is 10.2. The Balaban J connectivity index is 0.000000628. The van der Waals surface area contributed by atoms with E-state index in [1.54, 1.807) is 125 Å². The minimum absolute atomic E-state index is 0.0208. The number of methoxy groups -OCH3 is 6. The first-order valence-corrected chi connectivity index (χ1v) is 37.1. The molecule has 0 aliphatic rings. The number of primary sulfonamides is 2. The molecule has 580 valence electrons. The molecule has 0 fully saturated rings. The number of carbonyl (C=O) groups is 8. The second kappa shape index (κ2) is 40.2. The van der Waals surface area contributed by atoms with E-state index in [-0.39, 0.29) is 46.0 Å². The second-order valence-corrected chi connectivity index (χ2v) is 32.1. The number of carboxylic acid groups (broad SMARTS) is 2. The number of nitrogen functional groups attached to an aromatic ring is 1. The smallest absolute Gasteiger partial charge is 0.425 e. The Kier molecular flexibility index (Phi) is 35.8. The molecular formula is C55H79N13O27S9. The maximum absolute atomic E-state index is 12.5. The van der Waals surface area contributed by atoms with E-state index < -0.39 is 111 Å². The summed E-state index contributed by atoms with van der Waals surface area (Å²) < 4.78 is 125. The lowest BCUT2D eigenvalue weighted by atomic mass is 10.2. The van der Waals surface area contributed by atoms with Crippen molar-refractivity contribution in [3.63, 3.8) is 0 Å². The summed E-state index contributed by atoms with van der Waals surface area (Å²) in [6.07, 6.45) is -4.48. The Morgan fingerprint density at radius 3 is 1.12 bits per heavy atom. The molecule has 7 heterocycles. The lowest BCUT2D eigenvalue weighted by molar-refractivity contribution is 0.0406. The summed E-state index contributed by atoms with van der Waals surface area (Å²) in [6, 6.07) is 0. The monoisotopic (exact) mass is 1640 g/mol. The molecule has 104 heavy (non-hydrogen) atoms. The lowest BCUT2D eigenvalue weighted by Crippen LogP contribution is -2.44. The van der Waals surface area contributed by atoms with Gasteiger partial charge >= 0.3 is 48.4 Å². The number of amides is 5. The van der Waals surface area contributed by atoms with Crippen LogP contribution >= 0.6 is 80.7 Å². The van der Waals surface area contributed by atoms with E-state index >= 15 is 0 Å². The Labute approximate surface area is 625 Å². The zero-order valence-corrected chi connectivity index (χ0v) is 66.8. The molecule has 11 N–H and O–H groups in total. The third kappa shape index (κ3) is 32.2. The van der Waals surface area contributed by atoms with Gasteiger partial charge in [-0.3, -0.25) is 5.32 Å². The first-order valence-electron chi connectivity index (χ1n) is 28.3. The Morgan fingerprint density at radius 2 is 0.798 bits per heavy atom. The molecule has 7 aromatic heterocycles. The zero-order chi connectivity index (χ0) is 80.4. The average Bonchev–Trinajstić information content (AvgIpc) is 1.55. The molecule has 40 nitrogen and oxygen atoms in total. The van der Waals surface area contributed by atoms with Gasteiger partial charge in [0.1, 0.15) is 28.0 Å². The number of rotatable bonds is 13. The standard InChI is InChI=1S/C14H23N3O7S2.C14H22N2O5S.C9H14N2O3S.C6H7NO3S.C5H5NO3S.C4H3NO3S.C3H5N3O3S2/c1-13(2,3)23-11(18)17(12(19)24-14(4,5)6)9-8(22-7)10(25-16-9)26(15,20)21;1-13(2,3)20-11(17)16(12(18)21-14(4,5)6)10-9(19-7)8-22-15-10;1-9(2,3)14-8(12)10-7-6(13-4)5-15-11-7;1-9-4-3-11-7-5(4)6(8)10-2;1-9-3-2-10-6-4(3)5(7)8;6-2-1-9-5-3(2)4(7)8;4-2-1(7)3(10-6-2)11(5,8)9/h1-7H3,(H2,15,20,21);8H,1-7H3;5H,1-4H3,(H,10,11,12);3H,1-2H3;2H,1H3,(H,7,8);1,6H,(H,7,8);7H,(H2,4,6)(H2,5,8,9). The SMILES string of the molecule is COC(=O)c1nscc1OC.COc1c(N(C(=O)OC(C)(C)C)C(=O)OC(C)(C)C)nsc1S(N)(=O)=O.COc1csnc1C(=O)O.COc1csnc1N(C(=O)OC(C)(C)C)C(=O)OC(C)(C)C.COc1csnc1NC(=O)OC(C)(C)C.Nc1nsc(S(N)(=O)=O)c1O.O=C(O)c1nscc1O. The van der Waals surface area contributed by atoms with E-state index in [1.807, 2.05) is 0 Å². The van der Waals surface area contributed by atoms with Crippen LogP contribution in [0.1, 0.15) is 135 Å². The van der Waals surface area contributed by atoms with Crippen molar-refractivity contribution in [3.8, 4) is 40.2 Å². The van der Waals surface area contributed by atoms with Gasteiger partial charge in [0.15, 0.2) is 60.3 Å². The summed E-state index contributed by atoms with van der Waals surface area (Å²) in [5, 5.41) is 54.4. The predicted molar refractivity (Wildman–Crippen MR) is 383 cm³/mol. The molecule has 7 rings (SSSR count). The zero-order valence-electron chi connectivity index (χ0n) is 59.5. The molecule has 49 heteroatoms. The van der Waals surface area contributed by atoms with Gasteiger partial charge in [-0.1, -0.05) is 0 Å². The molecule has 0 spiro atoms. The quantitative estimate of drug-likeness (QED) is 0.0393. The van der Waals surface area contributed by atoms with Gasteiger partial charge in [0, 0.05) is 0 Å². The number of nitrogens with one attached hydrogen (secondary N) is 1. The fraction of sp³-hybridized carbons (Fsp3) is 0.473. The van der Waals surface area contributed by atoms with Crippen LogP contribution in [0.4, 0.5) is 47.2 Å². The van der Waals surface area contributed by atoms with Crippen molar-refractivity contribution >= 4 is 172 Å². The first kappa shape index (κ1) is 92.8. The van der Waals surface area contributed by atoms with Crippen molar-refractivity contribution in [2.45, 2.75) is 140 Å². The number of aromatic carboxylic acids is 2. The maximum atomic E-state index is 12.5. The lowest BCUT2D eigenvalue weighted by Gasteiger charge is -2.27. The Hall–Kier alpha value is -9.21. The second-order valence-electron chi connectivity index (χ2n) is 23.9. The van der Waals surface area contributed by atoms with Gasteiger partial charge < -0.3 is 78.3 Å².